The van der Waals surface area contributed by atoms with Crippen LogP contribution in [0.15, 0.2) is 36.7 Å². The number of rotatable bonds is 5. The number of aliphatic hydroxyl groups excluding tert-OH is 1. The molecule has 0 bridgehead atoms. The van der Waals surface area contributed by atoms with Gasteiger partial charge < -0.3 is 33.6 Å². The lowest BCUT2D eigenvalue weighted by Crippen LogP contribution is -2.22. The molecule has 0 saturated heterocycles. The van der Waals surface area contributed by atoms with E-state index in [2.05, 4.69) is 10.3 Å². The Bertz CT molecular complexity index is 1610. The van der Waals surface area contributed by atoms with Crippen molar-refractivity contribution in [2.24, 2.45) is 0 Å². The predicted octanol–water partition coefficient (Wildman–Crippen LogP) is 2.53. The zero-order valence-corrected chi connectivity index (χ0v) is 18.3. The fourth-order valence-electron chi connectivity index (χ4n) is 5.12. The number of nitrogens with zero attached hydrogens (tertiary/aromatic N) is 1. The van der Waals surface area contributed by atoms with Gasteiger partial charge >= 0.3 is 0 Å². The van der Waals surface area contributed by atoms with Gasteiger partial charge in [0, 0.05) is 36.7 Å². The van der Waals surface area contributed by atoms with E-state index in [1.165, 1.54) is 0 Å². The lowest BCUT2D eigenvalue weighted by Gasteiger charge is -2.06. The van der Waals surface area contributed by atoms with Gasteiger partial charge in [-0.05, 0) is 30.7 Å². The van der Waals surface area contributed by atoms with Crippen LogP contribution >= 0.6 is 0 Å². The number of benzene rings is 2. The number of hydrogen-bond donors (Lipinski definition) is 3. The van der Waals surface area contributed by atoms with Crippen LogP contribution in [0.5, 0.6) is 23.0 Å². The van der Waals surface area contributed by atoms with Gasteiger partial charge in [-0.15, -0.1) is 0 Å². The van der Waals surface area contributed by atoms with E-state index < -0.39 is 11.8 Å². The quantitative estimate of drug-likeness (QED) is 0.381. The number of aliphatic hydroxyl groups is 1. The van der Waals surface area contributed by atoms with E-state index in [0.29, 0.717) is 57.9 Å². The topological polar surface area (TPSA) is 124 Å². The van der Waals surface area contributed by atoms with Crippen LogP contribution in [-0.4, -0.2) is 46.7 Å². The second-order valence-electron chi connectivity index (χ2n) is 8.46. The van der Waals surface area contributed by atoms with Gasteiger partial charge in [0.2, 0.25) is 13.6 Å². The number of amides is 2. The van der Waals surface area contributed by atoms with E-state index >= 15 is 0 Å². The number of carbonyl (C=O) groups excluding carboxylic acids is 2. The molecule has 10 nitrogen and oxygen atoms in total. The van der Waals surface area contributed by atoms with Crippen LogP contribution in [-0.2, 0) is 16.1 Å². The summed E-state index contributed by atoms with van der Waals surface area (Å²) in [6, 6.07) is 7.36. The van der Waals surface area contributed by atoms with Crippen LogP contribution in [0.3, 0.4) is 0 Å². The van der Waals surface area contributed by atoms with Crippen molar-refractivity contribution in [2.45, 2.75) is 13.0 Å². The van der Waals surface area contributed by atoms with Crippen LogP contribution in [0.1, 0.15) is 17.5 Å². The maximum absolute atomic E-state index is 13.3. The third kappa shape index (κ3) is 2.74. The smallest absolute Gasteiger partial charge is 0.259 e. The Kier molecular flexibility index (Phi) is 4.15. The SMILES string of the molecule is O=C1NC(=O)C(c2cn(CCCO)c3ccc4c(c23)OCO4)=C1c1c[nH]c2ccc3c(c12)OCO3. The summed E-state index contributed by atoms with van der Waals surface area (Å²) in [6.07, 6.45) is 4.06. The fourth-order valence-corrected chi connectivity index (χ4v) is 5.12. The third-order valence-electron chi connectivity index (χ3n) is 6.59. The summed E-state index contributed by atoms with van der Waals surface area (Å²) in [5.41, 5.74) is 3.14. The monoisotopic (exact) mass is 473 g/mol. The molecule has 0 atom stereocenters. The summed E-state index contributed by atoms with van der Waals surface area (Å²) in [5, 5.41) is 13.2. The molecule has 0 aliphatic carbocycles. The summed E-state index contributed by atoms with van der Waals surface area (Å²) < 4.78 is 24.5. The van der Waals surface area contributed by atoms with Gasteiger partial charge in [-0.1, -0.05) is 0 Å². The summed E-state index contributed by atoms with van der Waals surface area (Å²) in [5.74, 6) is 1.21. The summed E-state index contributed by atoms with van der Waals surface area (Å²) in [4.78, 5) is 29.6. The lowest BCUT2D eigenvalue weighted by molar-refractivity contribution is -0.122. The number of aromatic nitrogens is 2. The van der Waals surface area contributed by atoms with Crippen LogP contribution < -0.4 is 24.3 Å². The first-order valence-corrected chi connectivity index (χ1v) is 11.2. The molecular weight excluding hydrogens is 454 g/mol. The molecule has 2 aromatic heterocycles. The zero-order chi connectivity index (χ0) is 23.7. The Hall–Kier alpha value is -4.44. The number of hydrogen-bond acceptors (Lipinski definition) is 7. The van der Waals surface area contributed by atoms with Crippen molar-refractivity contribution in [3.05, 3.63) is 47.8 Å². The molecule has 3 aliphatic heterocycles. The number of aryl methyl sites for hydroxylation is 1. The highest BCUT2D eigenvalue weighted by molar-refractivity contribution is 6.51. The second kappa shape index (κ2) is 7.28. The number of carbonyl (C=O) groups is 2. The van der Waals surface area contributed by atoms with Crippen LogP contribution in [0.4, 0.5) is 0 Å². The molecule has 176 valence electrons. The molecule has 0 saturated carbocycles. The van der Waals surface area contributed by atoms with Crippen molar-refractivity contribution < 1.29 is 33.6 Å². The predicted molar refractivity (Wildman–Crippen MR) is 124 cm³/mol. The molecule has 2 aromatic carbocycles. The van der Waals surface area contributed by atoms with E-state index in [0.717, 1.165) is 11.0 Å². The van der Waals surface area contributed by atoms with Gasteiger partial charge in [0.05, 0.1) is 33.0 Å². The Labute approximate surface area is 197 Å². The highest BCUT2D eigenvalue weighted by Gasteiger charge is 2.37. The molecule has 5 heterocycles. The van der Waals surface area contributed by atoms with E-state index in [4.69, 9.17) is 18.9 Å². The van der Waals surface area contributed by atoms with Crippen molar-refractivity contribution in [1.82, 2.24) is 14.9 Å². The lowest BCUT2D eigenvalue weighted by atomic mass is 9.95. The van der Waals surface area contributed by atoms with Gasteiger partial charge in [-0.3, -0.25) is 14.9 Å². The summed E-state index contributed by atoms with van der Waals surface area (Å²) in [6.45, 7) is 0.697. The van der Waals surface area contributed by atoms with Crippen molar-refractivity contribution in [2.75, 3.05) is 20.2 Å². The minimum absolute atomic E-state index is 0.0228. The third-order valence-corrected chi connectivity index (χ3v) is 6.59. The molecule has 10 heteroatoms. The molecule has 35 heavy (non-hydrogen) atoms. The molecule has 7 rings (SSSR count). The first kappa shape index (κ1) is 20.0. The van der Waals surface area contributed by atoms with E-state index in [1.807, 2.05) is 29.0 Å². The molecule has 0 fully saturated rings. The molecular formula is C25H19N3O7. The van der Waals surface area contributed by atoms with E-state index in [9.17, 15) is 14.7 Å². The van der Waals surface area contributed by atoms with Gasteiger partial charge in [-0.2, -0.15) is 0 Å². The zero-order valence-electron chi connectivity index (χ0n) is 18.3. The van der Waals surface area contributed by atoms with Gasteiger partial charge in [0.1, 0.15) is 0 Å². The van der Waals surface area contributed by atoms with Crippen LogP contribution in [0.2, 0.25) is 0 Å². The van der Waals surface area contributed by atoms with Crippen LogP contribution in [0.25, 0.3) is 33.0 Å². The largest absolute Gasteiger partial charge is 0.454 e. The maximum Gasteiger partial charge on any atom is 0.259 e. The Balaban J connectivity index is 1.54. The average molecular weight is 473 g/mol. The van der Waals surface area contributed by atoms with Gasteiger partial charge in [0.25, 0.3) is 11.8 Å². The highest BCUT2D eigenvalue weighted by atomic mass is 16.7. The van der Waals surface area contributed by atoms with Crippen molar-refractivity contribution >= 4 is 44.8 Å². The summed E-state index contributed by atoms with van der Waals surface area (Å²) >= 11 is 0. The van der Waals surface area contributed by atoms with Crippen molar-refractivity contribution in [3.8, 4) is 23.0 Å². The average Bonchev–Trinajstić information content (AvgIpc) is 3.65. The normalized spacial score (nSPS) is 16.3. The van der Waals surface area contributed by atoms with Gasteiger partial charge in [-0.25, -0.2) is 0 Å². The first-order valence-electron chi connectivity index (χ1n) is 11.2. The minimum atomic E-state index is -0.498. The van der Waals surface area contributed by atoms with Gasteiger partial charge in [0.15, 0.2) is 23.0 Å². The number of aromatic amines is 1. The Morgan fingerprint density at radius 2 is 1.54 bits per heavy atom. The number of ether oxygens (including phenoxy) is 4. The van der Waals surface area contributed by atoms with E-state index in [1.54, 1.807) is 12.3 Å². The van der Waals surface area contributed by atoms with Crippen LogP contribution in [0, 0.1) is 0 Å². The molecule has 4 aromatic rings. The molecule has 2 amide bonds. The number of nitrogens with one attached hydrogen (secondary N) is 2. The first-order chi connectivity index (χ1) is 17.2. The Morgan fingerprint density at radius 1 is 0.857 bits per heavy atom. The molecule has 3 N–H and O–H groups in total. The molecule has 0 spiro atoms. The minimum Gasteiger partial charge on any atom is -0.454 e. The fraction of sp³-hybridized carbons (Fsp3) is 0.200. The maximum atomic E-state index is 13.3. The van der Waals surface area contributed by atoms with Crippen molar-refractivity contribution in [1.29, 1.82) is 0 Å². The summed E-state index contributed by atoms with van der Waals surface area (Å²) in [7, 11) is 0. The number of H-pyrrole nitrogens is 1. The van der Waals surface area contributed by atoms with E-state index in [-0.39, 0.29) is 31.3 Å². The number of imide groups is 1. The molecule has 0 unspecified atom stereocenters. The molecule has 3 aliphatic rings. The number of fused-ring (bicyclic) bond motifs is 6. The standard InChI is InChI=1S/C25H19N3O7/c29-7-1-6-28-9-13(19-15(28)3-5-17-23(19)35-11-33-17)21-20(24(30)27-25(21)31)12-8-26-14-2-4-16-22(18(12)14)34-10-32-16/h2-5,8-9,26,29H,1,6-7,10-11H2,(H,27,30,31). The second-order valence-corrected chi connectivity index (χ2v) is 8.46. The molecule has 0 radical (unpaired) electrons. The van der Waals surface area contributed by atoms with Crippen molar-refractivity contribution in [3.63, 3.8) is 0 Å². The Morgan fingerprint density at radius 3 is 2.29 bits per heavy atom. The highest BCUT2D eigenvalue weighted by Crippen LogP contribution is 2.48.